The lowest BCUT2D eigenvalue weighted by atomic mass is 10.3. The van der Waals surface area contributed by atoms with Gasteiger partial charge in [0.1, 0.15) is 8.07 Å². The van der Waals surface area contributed by atoms with Gasteiger partial charge in [-0.2, -0.15) is 0 Å². The van der Waals surface area contributed by atoms with Crippen LogP contribution in [0, 0.1) is 0 Å². The van der Waals surface area contributed by atoms with Gasteiger partial charge in [0.15, 0.2) is 0 Å². The van der Waals surface area contributed by atoms with E-state index >= 15 is 0 Å². The molecule has 0 bridgehead atoms. The molecule has 0 atom stereocenters. The van der Waals surface area contributed by atoms with E-state index in [1.54, 1.807) is 0 Å². The highest BCUT2D eigenvalue weighted by atomic mass is 28.3. The quantitative estimate of drug-likeness (QED) is 0.771. The number of benzene rings is 1. The second-order valence-corrected chi connectivity index (χ2v) is 9.78. The monoisotopic (exact) mass is 244 g/mol. The van der Waals surface area contributed by atoms with Crippen molar-refractivity contribution in [3.05, 3.63) is 30.5 Å². The molecule has 0 saturated carbocycles. The summed E-state index contributed by atoms with van der Waals surface area (Å²) in [5, 5.41) is 1.28. The van der Waals surface area contributed by atoms with E-state index in [4.69, 9.17) is 4.98 Å². The van der Waals surface area contributed by atoms with E-state index in [-0.39, 0.29) is 0 Å². The van der Waals surface area contributed by atoms with Gasteiger partial charge in [-0.15, -0.1) is 0 Å². The first-order valence-electron chi connectivity index (χ1n) is 6.48. The van der Waals surface area contributed by atoms with E-state index in [1.807, 2.05) is 24.4 Å². The molecule has 1 aromatic heterocycles. The van der Waals surface area contributed by atoms with Gasteiger partial charge >= 0.3 is 0 Å². The topological polar surface area (TPSA) is 25.8 Å². The summed E-state index contributed by atoms with van der Waals surface area (Å²) in [6.45, 7) is 6.91. The Hall–Kier alpha value is -1.22. The number of para-hydroxylation sites is 2. The van der Waals surface area contributed by atoms with E-state index in [1.165, 1.54) is 23.4 Å². The lowest BCUT2D eigenvalue weighted by Gasteiger charge is -2.26. The van der Waals surface area contributed by atoms with Crippen LogP contribution in [0.2, 0.25) is 18.1 Å². The minimum absolute atomic E-state index is 1.00. The first-order valence-corrected chi connectivity index (χ1v) is 9.10. The Labute approximate surface area is 104 Å². The summed E-state index contributed by atoms with van der Waals surface area (Å²) < 4.78 is 0. The van der Waals surface area contributed by atoms with Gasteiger partial charge in [0.05, 0.1) is 11.0 Å². The summed E-state index contributed by atoms with van der Waals surface area (Å²) in [5.41, 5.74) is 2.04. The lowest BCUT2D eigenvalue weighted by Crippen LogP contribution is -2.47. The van der Waals surface area contributed by atoms with Crippen LogP contribution in [0.5, 0.6) is 0 Å². The van der Waals surface area contributed by atoms with Gasteiger partial charge in [0.2, 0.25) is 0 Å². The van der Waals surface area contributed by atoms with Crippen LogP contribution < -0.4 is 5.32 Å². The number of aromatic nitrogens is 2. The molecule has 0 spiro atoms. The standard InChI is InChI=1S/C14H20N2Si/c1-4-17(5-2,6-3)14-11-15-12-9-7-8-10-13(12)16-14/h7-11H,4-6H2,1-3H3. The Morgan fingerprint density at radius 1 is 0.941 bits per heavy atom. The van der Waals surface area contributed by atoms with Crippen molar-refractivity contribution >= 4 is 24.4 Å². The van der Waals surface area contributed by atoms with Crippen LogP contribution in [-0.2, 0) is 0 Å². The molecular weight excluding hydrogens is 224 g/mol. The van der Waals surface area contributed by atoms with Gasteiger partial charge < -0.3 is 0 Å². The van der Waals surface area contributed by atoms with Crippen molar-refractivity contribution in [2.75, 3.05) is 0 Å². The van der Waals surface area contributed by atoms with E-state index in [9.17, 15) is 0 Å². The first kappa shape index (κ1) is 12.2. The van der Waals surface area contributed by atoms with Gasteiger partial charge in [-0.05, 0) is 12.1 Å². The predicted molar refractivity (Wildman–Crippen MR) is 76.4 cm³/mol. The van der Waals surface area contributed by atoms with E-state index in [0.29, 0.717) is 0 Å². The van der Waals surface area contributed by atoms with Crippen LogP contribution in [0.25, 0.3) is 11.0 Å². The molecule has 2 rings (SSSR count). The summed E-state index contributed by atoms with van der Waals surface area (Å²) in [7, 11) is -1.38. The molecule has 0 aliphatic carbocycles. The Kier molecular flexibility index (Phi) is 3.57. The predicted octanol–water partition coefficient (Wildman–Crippen LogP) is 3.35. The van der Waals surface area contributed by atoms with Crippen molar-refractivity contribution < 1.29 is 0 Å². The van der Waals surface area contributed by atoms with Crippen LogP contribution in [-0.4, -0.2) is 18.0 Å². The molecule has 0 N–H and O–H groups in total. The molecule has 0 amide bonds. The summed E-state index contributed by atoms with van der Waals surface area (Å²) >= 11 is 0. The summed E-state index contributed by atoms with van der Waals surface area (Å²) in [6.07, 6.45) is 2.02. The molecule has 1 heterocycles. The van der Waals surface area contributed by atoms with Crippen molar-refractivity contribution in [2.45, 2.75) is 38.9 Å². The van der Waals surface area contributed by atoms with E-state index < -0.39 is 8.07 Å². The van der Waals surface area contributed by atoms with Crippen molar-refractivity contribution in [2.24, 2.45) is 0 Å². The van der Waals surface area contributed by atoms with Gasteiger partial charge in [-0.3, -0.25) is 9.97 Å². The smallest absolute Gasteiger partial charge is 0.112 e. The zero-order chi connectivity index (χ0) is 12.3. The third-order valence-corrected chi connectivity index (χ3v) is 9.41. The Morgan fingerprint density at radius 2 is 1.53 bits per heavy atom. The summed E-state index contributed by atoms with van der Waals surface area (Å²) in [6, 6.07) is 11.9. The molecule has 2 aromatic rings. The molecule has 0 saturated heterocycles. The zero-order valence-corrected chi connectivity index (χ0v) is 11.9. The van der Waals surface area contributed by atoms with Crippen LogP contribution in [0.3, 0.4) is 0 Å². The van der Waals surface area contributed by atoms with Crippen molar-refractivity contribution in [1.29, 1.82) is 0 Å². The van der Waals surface area contributed by atoms with Crippen LogP contribution in [0.4, 0.5) is 0 Å². The molecule has 3 heteroatoms. The number of nitrogens with zero attached hydrogens (tertiary/aromatic N) is 2. The summed E-state index contributed by atoms with van der Waals surface area (Å²) in [5.74, 6) is 0. The SMILES string of the molecule is CC[Si](CC)(CC)c1cnc2ccccc2n1. The molecular formula is C14H20N2Si. The number of fused-ring (bicyclic) bond motifs is 1. The van der Waals surface area contributed by atoms with Gasteiger partial charge in [0.25, 0.3) is 0 Å². The number of hydrogen-bond donors (Lipinski definition) is 0. The Morgan fingerprint density at radius 3 is 2.12 bits per heavy atom. The van der Waals surface area contributed by atoms with Crippen molar-refractivity contribution in [3.8, 4) is 0 Å². The second kappa shape index (κ2) is 4.96. The fraction of sp³-hybridized carbons (Fsp3) is 0.429. The molecule has 0 radical (unpaired) electrons. The fourth-order valence-corrected chi connectivity index (χ4v) is 5.79. The van der Waals surface area contributed by atoms with Crippen LogP contribution in [0.15, 0.2) is 30.5 Å². The molecule has 0 aliphatic rings. The maximum atomic E-state index is 4.86. The zero-order valence-electron chi connectivity index (χ0n) is 10.9. The highest BCUT2D eigenvalue weighted by Gasteiger charge is 2.31. The number of rotatable bonds is 4. The third kappa shape index (κ3) is 2.11. The molecule has 0 fully saturated rings. The van der Waals surface area contributed by atoms with Gasteiger partial charge in [0, 0.05) is 11.5 Å². The third-order valence-electron chi connectivity index (χ3n) is 4.02. The maximum Gasteiger partial charge on any atom is 0.112 e. The molecule has 0 aliphatic heterocycles. The maximum absolute atomic E-state index is 4.86. The van der Waals surface area contributed by atoms with Crippen LogP contribution >= 0.6 is 0 Å². The summed E-state index contributed by atoms with van der Waals surface area (Å²) in [4.78, 5) is 9.42. The largest absolute Gasteiger partial charge is 0.254 e. The molecule has 0 unspecified atom stereocenters. The number of hydrogen-bond acceptors (Lipinski definition) is 2. The first-order chi connectivity index (χ1) is 8.25. The average molecular weight is 244 g/mol. The molecule has 90 valence electrons. The Balaban J connectivity index is 2.55. The Bertz CT molecular complexity index is 498. The molecule has 17 heavy (non-hydrogen) atoms. The van der Waals surface area contributed by atoms with Gasteiger partial charge in [-0.1, -0.05) is 51.0 Å². The highest BCUT2D eigenvalue weighted by molar-refractivity contribution is 6.91. The molecule has 1 aromatic carbocycles. The van der Waals surface area contributed by atoms with Crippen LogP contribution in [0.1, 0.15) is 20.8 Å². The average Bonchev–Trinajstić information content (AvgIpc) is 2.41. The van der Waals surface area contributed by atoms with E-state index in [0.717, 1.165) is 11.0 Å². The van der Waals surface area contributed by atoms with Gasteiger partial charge in [-0.25, -0.2) is 0 Å². The lowest BCUT2D eigenvalue weighted by molar-refractivity contribution is 1.17. The minimum Gasteiger partial charge on any atom is -0.254 e. The van der Waals surface area contributed by atoms with Crippen molar-refractivity contribution in [1.82, 2.24) is 9.97 Å². The van der Waals surface area contributed by atoms with Crippen molar-refractivity contribution in [3.63, 3.8) is 0 Å². The normalized spacial score (nSPS) is 11.9. The van der Waals surface area contributed by atoms with E-state index in [2.05, 4.69) is 31.8 Å². The second-order valence-electron chi connectivity index (χ2n) is 4.58. The minimum atomic E-state index is -1.38. The fourth-order valence-electron chi connectivity index (χ4n) is 2.51. The molecule has 2 nitrogen and oxygen atoms in total. The highest BCUT2D eigenvalue weighted by Crippen LogP contribution is 2.19.